The van der Waals surface area contributed by atoms with Gasteiger partial charge in [-0.2, -0.15) is 0 Å². The number of rotatable bonds is 5. The second-order valence-electron chi connectivity index (χ2n) is 9.77. The van der Waals surface area contributed by atoms with E-state index in [-0.39, 0.29) is 30.8 Å². The maximum absolute atomic E-state index is 12.9. The molecule has 0 bridgehead atoms. The number of carbonyl (C=O) groups excluding carboxylic acids is 4. The summed E-state index contributed by atoms with van der Waals surface area (Å²) in [6, 6.07) is 17.6. The molecule has 1 saturated heterocycles. The van der Waals surface area contributed by atoms with Crippen LogP contribution in [0.4, 0.5) is 10.5 Å². The van der Waals surface area contributed by atoms with Crippen LogP contribution in [-0.4, -0.2) is 39.7 Å². The van der Waals surface area contributed by atoms with Crippen LogP contribution in [0.3, 0.4) is 0 Å². The van der Waals surface area contributed by atoms with Gasteiger partial charge in [0, 0.05) is 36.0 Å². The number of imide groups is 1. The smallest absolute Gasteiger partial charge is 0.319 e. The molecule has 1 aromatic heterocycles. The summed E-state index contributed by atoms with van der Waals surface area (Å²) in [5, 5.41) is 8.14. The minimum atomic E-state index is -0.679. The molecule has 1 atom stereocenters. The fraction of sp³-hybridized carbons (Fsp3) is 0.250. The average molecular weight is 498 g/mol. The lowest BCUT2D eigenvalue weighted by atomic mass is 9.93. The monoisotopic (exact) mass is 497 g/mol. The van der Waals surface area contributed by atoms with E-state index in [4.69, 9.17) is 0 Å². The van der Waals surface area contributed by atoms with Crippen molar-refractivity contribution in [3.05, 3.63) is 83.6 Å². The lowest BCUT2D eigenvalue weighted by Gasteiger charge is -2.29. The Kier molecular flexibility index (Phi) is 6.20. The number of hydrogen-bond acceptors (Lipinski definition) is 5. The number of amides is 5. The van der Waals surface area contributed by atoms with Crippen molar-refractivity contribution in [2.24, 2.45) is 0 Å². The van der Waals surface area contributed by atoms with Crippen molar-refractivity contribution in [1.82, 2.24) is 20.5 Å². The molecule has 2 aliphatic heterocycles. The Bertz CT molecular complexity index is 1390. The van der Waals surface area contributed by atoms with Crippen LogP contribution in [0, 0.1) is 0 Å². The molecule has 0 spiro atoms. The highest BCUT2D eigenvalue weighted by Gasteiger charge is 2.39. The summed E-state index contributed by atoms with van der Waals surface area (Å²) in [4.78, 5) is 55.3. The number of fused-ring (bicyclic) bond motifs is 1. The molecule has 5 rings (SSSR count). The summed E-state index contributed by atoms with van der Waals surface area (Å²) < 4.78 is 0. The Morgan fingerprint density at radius 1 is 1.05 bits per heavy atom. The molecule has 188 valence electrons. The fourth-order valence-electron chi connectivity index (χ4n) is 4.76. The third kappa shape index (κ3) is 4.93. The van der Waals surface area contributed by atoms with Gasteiger partial charge in [-0.15, -0.1) is 0 Å². The molecule has 37 heavy (non-hydrogen) atoms. The van der Waals surface area contributed by atoms with Crippen molar-refractivity contribution >= 4 is 29.4 Å². The quantitative estimate of drug-likeness (QED) is 0.466. The molecule has 3 aromatic rings. The third-order valence-electron chi connectivity index (χ3n) is 6.77. The largest absolute Gasteiger partial charge is 0.329 e. The molecule has 0 saturated carbocycles. The first-order chi connectivity index (χ1) is 17.7. The molecule has 2 aliphatic rings. The zero-order chi connectivity index (χ0) is 26.2. The maximum atomic E-state index is 12.9. The van der Waals surface area contributed by atoms with E-state index < -0.39 is 17.5 Å². The van der Waals surface area contributed by atoms with Crippen molar-refractivity contribution in [2.45, 2.75) is 44.8 Å². The summed E-state index contributed by atoms with van der Waals surface area (Å²) in [5.74, 6) is -1.03. The van der Waals surface area contributed by atoms with E-state index in [9.17, 15) is 19.2 Å². The van der Waals surface area contributed by atoms with E-state index >= 15 is 0 Å². The normalized spacial score (nSPS) is 17.3. The van der Waals surface area contributed by atoms with Crippen LogP contribution in [-0.2, 0) is 21.7 Å². The van der Waals surface area contributed by atoms with Gasteiger partial charge in [-0.3, -0.25) is 24.7 Å². The van der Waals surface area contributed by atoms with Gasteiger partial charge < -0.3 is 15.5 Å². The molecule has 9 heteroatoms. The predicted molar refractivity (Wildman–Crippen MR) is 137 cm³/mol. The summed E-state index contributed by atoms with van der Waals surface area (Å²) >= 11 is 0. The minimum absolute atomic E-state index is 0.200. The molecule has 1 fully saturated rings. The highest BCUT2D eigenvalue weighted by Crippen LogP contribution is 2.30. The SMILES string of the molecule is CC(C)(NC(=O)Nc1ccc2c(c1)CN(C1CCC(=O)NC1=O)C2=O)c1ccc(-c2ccccn2)cc1. The molecular formula is C28H27N5O4. The van der Waals surface area contributed by atoms with Crippen molar-refractivity contribution in [3.8, 4) is 11.3 Å². The topological polar surface area (TPSA) is 120 Å². The minimum Gasteiger partial charge on any atom is -0.329 e. The number of nitrogens with one attached hydrogen (secondary N) is 3. The van der Waals surface area contributed by atoms with Gasteiger partial charge in [-0.25, -0.2) is 4.79 Å². The highest BCUT2D eigenvalue weighted by molar-refractivity contribution is 6.05. The Morgan fingerprint density at radius 3 is 2.54 bits per heavy atom. The van der Waals surface area contributed by atoms with Crippen molar-refractivity contribution in [2.75, 3.05) is 5.32 Å². The number of nitrogens with zero attached hydrogens (tertiary/aromatic N) is 2. The molecule has 0 aliphatic carbocycles. The van der Waals surface area contributed by atoms with Gasteiger partial charge in [0.25, 0.3) is 5.91 Å². The van der Waals surface area contributed by atoms with Crippen LogP contribution >= 0.6 is 0 Å². The molecular weight excluding hydrogens is 470 g/mol. The second kappa shape index (κ2) is 9.50. The molecule has 1 unspecified atom stereocenters. The number of aromatic nitrogens is 1. The molecule has 0 radical (unpaired) electrons. The fourth-order valence-corrected chi connectivity index (χ4v) is 4.76. The highest BCUT2D eigenvalue weighted by atomic mass is 16.2. The van der Waals surface area contributed by atoms with E-state index in [1.165, 1.54) is 4.90 Å². The van der Waals surface area contributed by atoms with E-state index in [0.29, 0.717) is 17.7 Å². The van der Waals surface area contributed by atoms with Gasteiger partial charge in [0.15, 0.2) is 0 Å². The summed E-state index contributed by atoms with van der Waals surface area (Å²) in [5.41, 5.74) is 3.90. The zero-order valence-electron chi connectivity index (χ0n) is 20.6. The van der Waals surface area contributed by atoms with E-state index in [1.54, 1.807) is 24.4 Å². The first-order valence-corrected chi connectivity index (χ1v) is 12.1. The predicted octanol–water partition coefficient (Wildman–Crippen LogP) is 3.57. The van der Waals surface area contributed by atoms with Crippen LogP contribution < -0.4 is 16.0 Å². The first kappa shape index (κ1) is 24.2. The third-order valence-corrected chi connectivity index (χ3v) is 6.77. The van der Waals surface area contributed by atoms with Crippen molar-refractivity contribution in [1.29, 1.82) is 0 Å². The van der Waals surface area contributed by atoms with Crippen LogP contribution in [0.2, 0.25) is 0 Å². The van der Waals surface area contributed by atoms with Crippen molar-refractivity contribution in [3.63, 3.8) is 0 Å². The lowest BCUT2D eigenvalue weighted by molar-refractivity contribution is -0.136. The molecule has 3 heterocycles. The molecule has 9 nitrogen and oxygen atoms in total. The van der Waals surface area contributed by atoms with Crippen LogP contribution in [0.15, 0.2) is 66.9 Å². The Hall–Kier alpha value is -4.53. The maximum Gasteiger partial charge on any atom is 0.319 e. The van der Waals surface area contributed by atoms with Crippen molar-refractivity contribution < 1.29 is 19.2 Å². The number of anilines is 1. The second-order valence-corrected chi connectivity index (χ2v) is 9.77. The number of hydrogen-bond donors (Lipinski definition) is 3. The summed E-state index contributed by atoms with van der Waals surface area (Å²) in [7, 11) is 0. The van der Waals surface area contributed by atoms with Crippen LogP contribution in [0.25, 0.3) is 11.3 Å². The van der Waals surface area contributed by atoms with Gasteiger partial charge >= 0.3 is 6.03 Å². The Morgan fingerprint density at radius 2 is 1.84 bits per heavy atom. The van der Waals surface area contributed by atoms with Crippen LogP contribution in [0.5, 0.6) is 0 Å². The molecule has 3 N–H and O–H groups in total. The number of urea groups is 1. The standard InChI is InChI=1S/C28H27N5O4/c1-28(2,19-8-6-17(7-9-19)22-5-3-4-14-29-22)32-27(37)30-20-10-11-21-18(15-20)16-33(26(21)36)23-12-13-24(34)31-25(23)35/h3-11,14-15,23H,12-13,16H2,1-2H3,(H2,30,32,37)(H,31,34,35). The van der Waals surface area contributed by atoms with Gasteiger partial charge in [0.2, 0.25) is 11.8 Å². The average Bonchev–Trinajstić information content (AvgIpc) is 3.19. The van der Waals surface area contributed by atoms with Crippen LogP contribution in [0.1, 0.15) is 48.2 Å². The Labute approximate surface area is 214 Å². The van der Waals surface area contributed by atoms with Gasteiger partial charge in [-0.1, -0.05) is 30.3 Å². The van der Waals surface area contributed by atoms with E-state index in [0.717, 1.165) is 22.4 Å². The lowest BCUT2D eigenvalue weighted by Crippen LogP contribution is -2.52. The van der Waals surface area contributed by atoms with E-state index in [1.807, 2.05) is 56.3 Å². The number of pyridine rings is 1. The van der Waals surface area contributed by atoms with Gasteiger partial charge in [0.05, 0.1) is 11.2 Å². The Balaban J connectivity index is 1.24. The zero-order valence-corrected chi connectivity index (χ0v) is 20.6. The summed E-state index contributed by atoms with van der Waals surface area (Å²) in [6.07, 6.45) is 2.25. The van der Waals surface area contributed by atoms with E-state index in [2.05, 4.69) is 20.9 Å². The molecule has 5 amide bonds. The number of piperidine rings is 1. The molecule has 2 aromatic carbocycles. The van der Waals surface area contributed by atoms with Gasteiger partial charge in [-0.05, 0) is 61.7 Å². The number of benzene rings is 2. The first-order valence-electron chi connectivity index (χ1n) is 12.1. The number of carbonyl (C=O) groups is 4. The van der Waals surface area contributed by atoms with Gasteiger partial charge in [0.1, 0.15) is 6.04 Å². The summed E-state index contributed by atoms with van der Waals surface area (Å²) in [6.45, 7) is 4.08.